The van der Waals surface area contributed by atoms with Gasteiger partial charge in [0.05, 0.1) is 22.5 Å². The van der Waals surface area contributed by atoms with E-state index in [-0.39, 0.29) is 16.3 Å². The Morgan fingerprint density at radius 1 is 1.11 bits per heavy atom. The normalized spacial score (nSPS) is 20.4. The summed E-state index contributed by atoms with van der Waals surface area (Å²) in [6, 6.07) is 8.04. The van der Waals surface area contributed by atoms with E-state index in [0.717, 1.165) is 0 Å². The van der Waals surface area contributed by atoms with Crippen LogP contribution in [0.4, 0.5) is 18.9 Å². The molecule has 1 aliphatic carbocycles. The summed E-state index contributed by atoms with van der Waals surface area (Å²) >= 11 is 28.7. The van der Waals surface area contributed by atoms with Crippen molar-refractivity contribution in [3.63, 3.8) is 0 Å². The largest absolute Gasteiger partial charge is 0.616 e. The lowest BCUT2D eigenvalue weighted by Crippen LogP contribution is -2.39. The van der Waals surface area contributed by atoms with Crippen molar-refractivity contribution in [2.75, 3.05) is 16.8 Å². The van der Waals surface area contributed by atoms with Crippen molar-refractivity contribution in [2.45, 2.75) is 29.4 Å². The highest BCUT2D eigenvalue weighted by atomic mass is 35.5. The van der Waals surface area contributed by atoms with E-state index in [1.54, 1.807) is 12.1 Å². The Kier molecular flexibility index (Phi) is 9.30. The second-order valence-corrected chi connectivity index (χ2v) is 12.5. The maximum absolute atomic E-state index is 12.9. The quantitative estimate of drug-likeness (QED) is 0.257. The van der Waals surface area contributed by atoms with E-state index in [1.165, 1.54) is 31.2 Å². The zero-order valence-corrected chi connectivity index (χ0v) is 22.9. The molecule has 4 unspecified atom stereocenters. The first-order valence-corrected chi connectivity index (χ1v) is 13.6. The van der Waals surface area contributed by atoms with Gasteiger partial charge in [0.2, 0.25) is 11.7 Å². The molecule has 2 aromatic rings. The molecule has 1 aliphatic rings. The summed E-state index contributed by atoms with van der Waals surface area (Å²) in [6.07, 6.45) is -4.58. The molecule has 0 spiro atoms. The van der Waals surface area contributed by atoms with Crippen LogP contribution in [0.1, 0.15) is 28.8 Å². The first-order valence-electron chi connectivity index (χ1n) is 10.3. The highest BCUT2D eigenvalue weighted by Crippen LogP contribution is 2.65. The Morgan fingerprint density at radius 3 is 2.31 bits per heavy atom. The number of carbonyl (C=O) groups excluding carboxylic acids is 2. The molecule has 1 saturated carbocycles. The van der Waals surface area contributed by atoms with Gasteiger partial charge in [0.15, 0.2) is 0 Å². The van der Waals surface area contributed by atoms with Crippen LogP contribution < -0.4 is 10.6 Å². The third-order valence-electron chi connectivity index (χ3n) is 5.20. The standard InChI is InChI=1S/C22H18Cl5F3N2O3S/c1-10(8-36(35)9-21(28,29)30)31-19(33)15-7-14(2-3-16(15)25)32-20(34)18-17(22(18,26)27)11-4-12(23)6-13(24)5-11/h2-7,10,17-18H,8-9H2,1H3,(H,31,33)(H,32,34). The number of hydrogen-bond acceptors (Lipinski definition) is 3. The van der Waals surface area contributed by atoms with Crippen LogP contribution in [0.2, 0.25) is 15.1 Å². The molecule has 4 atom stereocenters. The fourth-order valence-corrected chi connectivity index (χ4v) is 6.38. The molecular weight excluding hydrogens is 607 g/mol. The van der Waals surface area contributed by atoms with Crippen LogP contribution in [0.15, 0.2) is 36.4 Å². The highest BCUT2D eigenvalue weighted by Gasteiger charge is 2.67. The lowest BCUT2D eigenvalue weighted by atomic mass is 10.1. The predicted octanol–water partition coefficient (Wildman–Crippen LogP) is 6.60. The zero-order chi connectivity index (χ0) is 27.0. The minimum absolute atomic E-state index is 0.0380. The van der Waals surface area contributed by atoms with Crippen molar-refractivity contribution < 1.29 is 27.3 Å². The molecule has 196 valence electrons. The Labute approximate surface area is 233 Å². The molecule has 0 aliphatic heterocycles. The predicted molar refractivity (Wildman–Crippen MR) is 138 cm³/mol. The highest BCUT2D eigenvalue weighted by molar-refractivity contribution is 7.91. The molecule has 0 saturated heterocycles. The maximum atomic E-state index is 12.9. The van der Waals surface area contributed by atoms with Gasteiger partial charge in [-0.2, -0.15) is 13.2 Å². The SMILES string of the molecule is CC(C[S+]([O-])CC(F)(F)F)NC(=O)c1cc(NC(=O)C2C(c3cc(Cl)cc(Cl)c3)C2(Cl)Cl)ccc1Cl. The second-order valence-electron chi connectivity index (χ2n) is 8.26. The Morgan fingerprint density at radius 2 is 1.72 bits per heavy atom. The average molecular weight is 625 g/mol. The van der Waals surface area contributed by atoms with E-state index in [4.69, 9.17) is 58.0 Å². The van der Waals surface area contributed by atoms with Crippen molar-refractivity contribution >= 4 is 86.7 Å². The lowest BCUT2D eigenvalue weighted by molar-refractivity contribution is -0.117. The van der Waals surface area contributed by atoms with Gasteiger partial charge in [-0.1, -0.05) is 34.8 Å². The van der Waals surface area contributed by atoms with Crippen molar-refractivity contribution in [3.8, 4) is 0 Å². The molecule has 1 fully saturated rings. The monoisotopic (exact) mass is 622 g/mol. The number of nitrogens with one attached hydrogen (secondary N) is 2. The summed E-state index contributed by atoms with van der Waals surface area (Å²) in [4.78, 5) is 25.6. The van der Waals surface area contributed by atoms with Crippen LogP contribution in [0.5, 0.6) is 0 Å². The molecule has 0 bridgehead atoms. The number of amides is 2. The number of halogens is 8. The summed E-state index contributed by atoms with van der Waals surface area (Å²) in [7, 11) is 0. The van der Waals surface area contributed by atoms with Crippen LogP contribution in [0, 0.1) is 5.92 Å². The number of alkyl halides is 5. The van der Waals surface area contributed by atoms with Crippen molar-refractivity contribution in [3.05, 3.63) is 62.6 Å². The van der Waals surface area contributed by atoms with Gasteiger partial charge in [-0.15, -0.1) is 23.2 Å². The van der Waals surface area contributed by atoms with Gasteiger partial charge in [0.25, 0.3) is 5.91 Å². The van der Waals surface area contributed by atoms with E-state index in [0.29, 0.717) is 15.6 Å². The number of hydrogen-bond donors (Lipinski definition) is 2. The molecule has 2 aromatic carbocycles. The molecule has 3 rings (SSSR count). The van der Waals surface area contributed by atoms with Crippen molar-refractivity contribution in [1.29, 1.82) is 0 Å². The molecule has 36 heavy (non-hydrogen) atoms. The smallest absolute Gasteiger partial charge is 0.433 e. The summed E-state index contributed by atoms with van der Waals surface area (Å²) in [5.74, 6) is -4.52. The summed E-state index contributed by atoms with van der Waals surface area (Å²) in [6.45, 7) is 1.42. The van der Waals surface area contributed by atoms with Crippen LogP contribution in [-0.4, -0.2) is 44.4 Å². The minimum Gasteiger partial charge on any atom is -0.616 e. The van der Waals surface area contributed by atoms with Crippen LogP contribution in [0.25, 0.3) is 0 Å². The van der Waals surface area contributed by atoms with Crippen molar-refractivity contribution in [1.82, 2.24) is 5.32 Å². The summed E-state index contributed by atoms with van der Waals surface area (Å²) in [5, 5.41) is 5.85. The molecule has 2 N–H and O–H groups in total. The maximum Gasteiger partial charge on any atom is 0.433 e. The average Bonchev–Trinajstić information content (AvgIpc) is 3.29. The third kappa shape index (κ3) is 7.49. The third-order valence-corrected chi connectivity index (χ3v) is 8.42. The fraction of sp³-hybridized carbons (Fsp3) is 0.364. The van der Waals surface area contributed by atoms with E-state index < -0.39 is 62.9 Å². The molecule has 2 amide bonds. The van der Waals surface area contributed by atoms with E-state index in [9.17, 15) is 27.3 Å². The van der Waals surface area contributed by atoms with Gasteiger partial charge in [-0.05, 0) is 60.1 Å². The van der Waals surface area contributed by atoms with Crippen LogP contribution >= 0.6 is 58.0 Å². The van der Waals surface area contributed by atoms with E-state index >= 15 is 0 Å². The Bertz CT molecular complexity index is 1150. The fourth-order valence-electron chi connectivity index (χ4n) is 3.68. The first-order chi connectivity index (χ1) is 16.6. The molecule has 0 heterocycles. The molecule has 5 nitrogen and oxygen atoms in total. The lowest BCUT2D eigenvalue weighted by Gasteiger charge is -2.18. The summed E-state index contributed by atoms with van der Waals surface area (Å²) < 4.78 is 47.4. The van der Waals surface area contributed by atoms with Gasteiger partial charge >= 0.3 is 6.18 Å². The number of carbonyl (C=O) groups is 2. The van der Waals surface area contributed by atoms with E-state index in [2.05, 4.69) is 10.6 Å². The molecule has 0 radical (unpaired) electrons. The van der Waals surface area contributed by atoms with Gasteiger partial charge in [0, 0.05) is 21.7 Å². The van der Waals surface area contributed by atoms with Gasteiger partial charge in [-0.25, -0.2) is 0 Å². The zero-order valence-electron chi connectivity index (χ0n) is 18.3. The first kappa shape index (κ1) is 29.5. The number of rotatable bonds is 8. The van der Waals surface area contributed by atoms with Crippen molar-refractivity contribution in [2.24, 2.45) is 5.92 Å². The second kappa shape index (κ2) is 11.4. The molecule has 14 heteroatoms. The molecule has 0 aromatic heterocycles. The van der Waals surface area contributed by atoms with E-state index in [1.807, 2.05) is 0 Å². The summed E-state index contributed by atoms with van der Waals surface area (Å²) in [5.41, 5.74) is 0.757. The number of anilines is 1. The van der Waals surface area contributed by atoms with Crippen LogP contribution in [-0.2, 0) is 16.0 Å². The Balaban J connectivity index is 1.67. The van der Waals surface area contributed by atoms with Gasteiger partial charge in [-0.3, -0.25) is 9.59 Å². The number of benzene rings is 2. The minimum atomic E-state index is -4.58. The molecular formula is C22H18Cl5F3N2O3S. The topological polar surface area (TPSA) is 81.3 Å². The van der Waals surface area contributed by atoms with Crippen LogP contribution in [0.3, 0.4) is 0 Å². The Hall–Kier alpha value is -1.07. The van der Waals surface area contributed by atoms with Gasteiger partial charge in [0.1, 0.15) is 10.1 Å². The van der Waals surface area contributed by atoms with Gasteiger partial charge < -0.3 is 15.2 Å².